The summed E-state index contributed by atoms with van der Waals surface area (Å²) in [5.41, 5.74) is 1.60. The minimum absolute atomic E-state index is 0.120. The zero-order valence-electron chi connectivity index (χ0n) is 17.2. The van der Waals surface area contributed by atoms with Crippen molar-refractivity contribution >= 4 is 5.91 Å². The molecule has 0 saturated carbocycles. The normalized spacial score (nSPS) is 15.6. The lowest BCUT2D eigenvalue weighted by Crippen LogP contribution is -2.40. The molecule has 6 nitrogen and oxygen atoms in total. The molecule has 2 aromatic rings. The molecule has 0 bridgehead atoms. The third-order valence-electron chi connectivity index (χ3n) is 5.53. The van der Waals surface area contributed by atoms with E-state index in [1.54, 1.807) is 21.0 Å². The van der Waals surface area contributed by atoms with Crippen molar-refractivity contribution < 1.29 is 18.3 Å². The van der Waals surface area contributed by atoms with Crippen LogP contribution in [-0.4, -0.2) is 60.5 Å². The highest BCUT2D eigenvalue weighted by Gasteiger charge is 2.23. The summed E-state index contributed by atoms with van der Waals surface area (Å²) < 4.78 is 33.8. The molecule has 29 heavy (non-hydrogen) atoms. The zero-order chi connectivity index (χ0) is 21.0. The van der Waals surface area contributed by atoms with Crippen molar-refractivity contribution in [2.75, 3.05) is 39.9 Å². The van der Waals surface area contributed by atoms with Gasteiger partial charge in [-0.2, -0.15) is 5.10 Å². The summed E-state index contributed by atoms with van der Waals surface area (Å²) in [5, 5.41) is 7.31. The van der Waals surface area contributed by atoms with Crippen LogP contribution in [0.15, 0.2) is 18.2 Å². The lowest BCUT2D eigenvalue weighted by molar-refractivity contribution is 0.0924. The standard InChI is InChI=1S/C21H28F2N4O2/c1-14-20(15(2)27(25-14)19-5-4-17(22)12-18(19)23)21(28)24-13-16-6-8-26(9-7-16)10-11-29-3/h4-5,12,16H,6-11,13H2,1-3H3,(H,24,28). The van der Waals surface area contributed by atoms with E-state index in [2.05, 4.69) is 15.3 Å². The van der Waals surface area contributed by atoms with Crippen molar-refractivity contribution in [3.05, 3.63) is 46.8 Å². The number of likely N-dealkylation sites (tertiary alicyclic amines) is 1. The molecule has 0 aliphatic carbocycles. The highest BCUT2D eigenvalue weighted by atomic mass is 19.1. The van der Waals surface area contributed by atoms with E-state index in [0.29, 0.717) is 29.4 Å². The van der Waals surface area contributed by atoms with Crippen molar-refractivity contribution in [3.8, 4) is 5.69 Å². The fourth-order valence-electron chi connectivity index (χ4n) is 3.82. The summed E-state index contributed by atoms with van der Waals surface area (Å²) in [4.78, 5) is 15.1. The Morgan fingerprint density at radius 1 is 1.28 bits per heavy atom. The summed E-state index contributed by atoms with van der Waals surface area (Å²) >= 11 is 0. The first-order valence-electron chi connectivity index (χ1n) is 9.91. The van der Waals surface area contributed by atoms with Crippen molar-refractivity contribution in [1.29, 1.82) is 0 Å². The lowest BCUT2D eigenvalue weighted by atomic mass is 9.96. The molecule has 1 aliphatic rings. The highest BCUT2D eigenvalue weighted by Crippen LogP contribution is 2.21. The van der Waals surface area contributed by atoms with Crippen LogP contribution in [-0.2, 0) is 4.74 Å². The van der Waals surface area contributed by atoms with Gasteiger partial charge in [0.1, 0.15) is 11.5 Å². The Hall–Kier alpha value is -2.32. The van der Waals surface area contributed by atoms with E-state index in [0.717, 1.165) is 45.1 Å². The number of halogens is 2. The van der Waals surface area contributed by atoms with Gasteiger partial charge in [0, 0.05) is 26.3 Å². The Morgan fingerprint density at radius 2 is 2.00 bits per heavy atom. The molecule has 1 saturated heterocycles. The van der Waals surface area contributed by atoms with E-state index in [1.165, 1.54) is 16.8 Å². The molecular formula is C21H28F2N4O2. The molecule has 2 heterocycles. The monoisotopic (exact) mass is 406 g/mol. The zero-order valence-corrected chi connectivity index (χ0v) is 17.2. The van der Waals surface area contributed by atoms with Crippen LogP contribution in [0.5, 0.6) is 0 Å². The van der Waals surface area contributed by atoms with E-state index < -0.39 is 11.6 Å². The number of benzene rings is 1. The minimum Gasteiger partial charge on any atom is -0.383 e. The third kappa shape index (κ3) is 5.00. The van der Waals surface area contributed by atoms with Crippen molar-refractivity contribution in [2.24, 2.45) is 5.92 Å². The quantitative estimate of drug-likeness (QED) is 0.768. The number of nitrogens with one attached hydrogen (secondary N) is 1. The molecule has 158 valence electrons. The smallest absolute Gasteiger partial charge is 0.255 e. The summed E-state index contributed by atoms with van der Waals surface area (Å²) in [7, 11) is 1.71. The van der Waals surface area contributed by atoms with E-state index in [9.17, 15) is 13.6 Å². The van der Waals surface area contributed by atoms with Gasteiger partial charge in [-0.15, -0.1) is 0 Å². The van der Waals surface area contributed by atoms with Gasteiger partial charge in [-0.3, -0.25) is 4.79 Å². The van der Waals surface area contributed by atoms with Crippen LogP contribution in [0.4, 0.5) is 8.78 Å². The molecule has 1 aromatic carbocycles. The molecule has 1 N–H and O–H groups in total. The van der Waals surface area contributed by atoms with Gasteiger partial charge >= 0.3 is 0 Å². The number of aromatic nitrogens is 2. The van der Waals surface area contributed by atoms with Crippen molar-refractivity contribution in [3.63, 3.8) is 0 Å². The maximum Gasteiger partial charge on any atom is 0.255 e. The van der Waals surface area contributed by atoms with E-state index >= 15 is 0 Å². The van der Waals surface area contributed by atoms with Crippen LogP contribution in [0.25, 0.3) is 5.69 Å². The molecule has 8 heteroatoms. The molecule has 0 radical (unpaired) electrons. The first-order chi connectivity index (χ1) is 13.9. The number of nitrogens with zero attached hydrogens (tertiary/aromatic N) is 3. The molecule has 0 spiro atoms. The number of carbonyl (C=O) groups excluding carboxylic acids is 1. The van der Waals surface area contributed by atoms with Gasteiger partial charge in [0.25, 0.3) is 5.91 Å². The maximum absolute atomic E-state index is 14.1. The lowest BCUT2D eigenvalue weighted by Gasteiger charge is -2.31. The van der Waals surface area contributed by atoms with E-state index in [1.807, 2.05) is 0 Å². The number of ether oxygens (including phenoxy) is 1. The predicted molar refractivity (Wildman–Crippen MR) is 106 cm³/mol. The van der Waals surface area contributed by atoms with Gasteiger partial charge in [0.2, 0.25) is 0 Å². The molecule has 0 atom stereocenters. The Morgan fingerprint density at radius 3 is 2.66 bits per heavy atom. The number of piperidine rings is 1. The van der Waals surface area contributed by atoms with Crippen LogP contribution >= 0.6 is 0 Å². The number of amides is 1. The molecule has 1 fully saturated rings. The Labute approximate surface area is 169 Å². The van der Waals surface area contributed by atoms with E-state index in [4.69, 9.17) is 4.74 Å². The summed E-state index contributed by atoms with van der Waals surface area (Å²) in [5.74, 6) is -1.15. The van der Waals surface area contributed by atoms with Gasteiger partial charge in [0.05, 0.1) is 23.6 Å². The Kier molecular flexibility index (Phi) is 6.97. The summed E-state index contributed by atoms with van der Waals surface area (Å²) in [6.07, 6.45) is 2.06. The predicted octanol–water partition coefficient (Wildman–Crippen LogP) is 2.86. The van der Waals surface area contributed by atoms with Crippen LogP contribution < -0.4 is 5.32 Å². The van der Waals surface area contributed by atoms with E-state index in [-0.39, 0.29) is 11.6 Å². The van der Waals surface area contributed by atoms with Gasteiger partial charge in [-0.1, -0.05) is 0 Å². The average molecular weight is 406 g/mol. The third-order valence-corrected chi connectivity index (χ3v) is 5.53. The second-order valence-corrected chi connectivity index (χ2v) is 7.54. The largest absolute Gasteiger partial charge is 0.383 e. The molecule has 1 amide bonds. The van der Waals surface area contributed by atoms with Crippen molar-refractivity contribution in [2.45, 2.75) is 26.7 Å². The molecule has 0 unspecified atom stereocenters. The highest BCUT2D eigenvalue weighted by molar-refractivity contribution is 5.96. The molecular weight excluding hydrogens is 378 g/mol. The maximum atomic E-state index is 14.1. The molecule has 3 rings (SSSR count). The van der Waals surface area contributed by atoms with Gasteiger partial charge < -0.3 is 15.0 Å². The van der Waals surface area contributed by atoms with Crippen LogP contribution in [0.3, 0.4) is 0 Å². The van der Waals surface area contributed by atoms with Gasteiger partial charge in [0.15, 0.2) is 5.82 Å². The molecule has 1 aromatic heterocycles. The fraction of sp³-hybridized carbons (Fsp3) is 0.524. The number of aryl methyl sites for hydroxylation is 1. The number of hydrogen-bond acceptors (Lipinski definition) is 4. The average Bonchev–Trinajstić information content (AvgIpc) is 2.99. The van der Waals surface area contributed by atoms with Crippen LogP contribution in [0, 0.1) is 31.4 Å². The number of methoxy groups -OCH3 is 1. The second-order valence-electron chi connectivity index (χ2n) is 7.54. The number of rotatable bonds is 7. The van der Waals surface area contributed by atoms with Gasteiger partial charge in [-0.25, -0.2) is 13.5 Å². The van der Waals surface area contributed by atoms with Crippen molar-refractivity contribution in [1.82, 2.24) is 20.0 Å². The Bertz CT molecular complexity index is 861. The minimum atomic E-state index is -0.720. The molecule has 1 aliphatic heterocycles. The fourth-order valence-corrected chi connectivity index (χ4v) is 3.82. The summed E-state index contributed by atoms with van der Waals surface area (Å²) in [6.45, 7) is 7.71. The number of carbonyl (C=O) groups is 1. The SMILES string of the molecule is COCCN1CCC(CNC(=O)c2c(C)nn(-c3ccc(F)cc3F)c2C)CC1. The van der Waals surface area contributed by atoms with Crippen LogP contribution in [0.2, 0.25) is 0 Å². The topological polar surface area (TPSA) is 59.4 Å². The Balaban J connectivity index is 1.63. The van der Waals surface area contributed by atoms with Gasteiger partial charge in [-0.05, 0) is 57.8 Å². The second kappa shape index (κ2) is 9.45. The first-order valence-corrected chi connectivity index (χ1v) is 9.91. The van der Waals surface area contributed by atoms with Crippen LogP contribution in [0.1, 0.15) is 34.6 Å². The first kappa shape index (κ1) is 21.4. The number of hydrogen-bond donors (Lipinski definition) is 1. The summed E-state index contributed by atoms with van der Waals surface area (Å²) in [6, 6.07) is 3.31.